The predicted octanol–water partition coefficient (Wildman–Crippen LogP) is 2.61. The highest BCUT2D eigenvalue weighted by Crippen LogP contribution is 2.34. The molecule has 1 heterocycles. The Hall–Kier alpha value is -2.24. The summed E-state index contributed by atoms with van der Waals surface area (Å²) in [4.78, 5) is 23.7. The molecular formula is C19H25NO5. The Kier molecular flexibility index (Phi) is 5.46. The first-order chi connectivity index (χ1) is 12.0. The van der Waals surface area contributed by atoms with E-state index in [1.54, 1.807) is 0 Å². The summed E-state index contributed by atoms with van der Waals surface area (Å²) >= 11 is 0. The summed E-state index contributed by atoms with van der Waals surface area (Å²) in [6, 6.07) is 5.55. The summed E-state index contributed by atoms with van der Waals surface area (Å²) in [5, 5.41) is 2.96. The normalized spacial score (nSPS) is 17.6. The topological polar surface area (TPSA) is 73.9 Å². The van der Waals surface area contributed by atoms with Crippen LogP contribution in [0.25, 0.3) is 0 Å². The molecule has 2 aliphatic rings. The molecule has 1 aromatic rings. The maximum absolute atomic E-state index is 12.2. The van der Waals surface area contributed by atoms with Crippen molar-refractivity contribution in [1.82, 2.24) is 5.32 Å². The van der Waals surface area contributed by atoms with Crippen molar-refractivity contribution >= 4 is 11.9 Å². The molecule has 1 aliphatic heterocycles. The molecule has 6 heteroatoms. The van der Waals surface area contributed by atoms with Crippen LogP contribution in [0.15, 0.2) is 18.2 Å². The van der Waals surface area contributed by atoms with Gasteiger partial charge >= 0.3 is 5.97 Å². The number of benzene rings is 1. The third-order valence-electron chi connectivity index (χ3n) is 4.37. The SMILES string of the molecule is CC(C)[C@H](NC(=O)COC(=O)C1CC1)c1ccc2c(c1)OCCCO2. The van der Waals surface area contributed by atoms with Crippen LogP contribution in [0.5, 0.6) is 11.5 Å². The van der Waals surface area contributed by atoms with Crippen LogP contribution in [-0.2, 0) is 14.3 Å². The van der Waals surface area contributed by atoms with Gasteiger partial charge in [-0.3, -0.25) is 9.59 Å². The van der Waals surface area contributed by atoms with Crippen LogP contribution in [0.1, 0.15) is 44.7 Å². The van der Waals surface area contributed by atoms with E-state index < -0.39 is 0 Å². The van der Waals surface area contributed by atoms with Crippen LogP contribution < -0.4 is 14.8 Å². The van der Waals surface area contributed by atoms with E-state index in [1.807, 2.05) is 32.0 Å². The smallest absolute Gasteiger partial charge is 0.309 e. The van der Waals surface area contributed by atoms with Gasteiger partial charge < -0.3 is 19.5 Å². The molecule has 1 saturated carbocycles. The Morgan fingerprint density at radius 2 is 1.92 bits per heavy atom. The Morgan fingerprint density at radius 1 is 1.20 bits per heavy atom. The molecule has 0 aromatic heterocycles. The van der Waals surface area contributed by atoms with E-state index in [9.17, 15) is 9.59 Å². The molecule has 1 N–H and O–H groups in total. The number of nitrogens with one attached hydrogen (secondary N) is 1. The first-order valence-corrected chi connectivity index (χ1v) is 8.90. The number of hydrogen-bond donors (Lipinski definition) is 1. The highest BCUT2D eigenvalue weighted by molar-refractivity contribution is 5.82. The van der Waals surface area contributed by atoms with Gasteiger partial charge in [0.1, 0.15) is 0 Å². The lowest BCUT2D eigenvalue weighted by molar-refractivity contribution is -0.150. The first kappa shape index (κ1) is 17.6. The fourth-order valence-corrected chi connectivity index (χ4v) is 2.80. The van der Waals surface area contributed by atoms with Crippen molar-refractivity contribution in [3.05, 3.63) is 23.8 Å². The summed E-state index contributed by atoms with van der Waals surface area (Å²) < 4.78 is 16.4. The number of ether oxygens (including phenoxy) is 3. The lowest BCUT2D eigenvalue weighted by Crippen LogP contribution is -2.35. The average molecular weight is 347 g/mol. The van der Waals surface area contributed by atoms with Crippen molar-refractivity contribution < 1.29 is 23.8 Å². The van der Waals surface area contributed by atoms with Gasteiger partial charge in [-0.2, -0.15) is 0 Å². The zero-order valence-electron chi connectivity index (χ0n) is 14.7. The van der Waals surface area contributed by atoms with Crippen molar-refractivity contribution in [2.45, 2.75) is 39.2 Å². The zero-order chi connectivity index (χ0) is 17.8. The minimum Gasteiger partial charge on any atom is -0.490 e. The molecule has 136 valence electrons. The van der Waals surface area contributed by atoms with E-state index in [2.05, 4.69) is 5.32 Å². The molecule has 1 atom stereocenters. The van der Waals surface area contributed by atoms with E-state index >= 15 is 0 Å². The molecule has 1 aromatic carbocycles. The number of rotatable bonds is 6. The highest BCUT2D eigenvalue weighted by atomic mass is 16.5. The van der Waals surface area contributed by atoms with Crippen LogP contribution in [0.3, 0.4) is 0 Å². The van der Waals surface area contributed by atoms with E-state index in [-0.39, 0.29) is 36.4 Å². The molecule has 1 aliphatic carbocycles. The quantitative estimate of drug-likeness (QED) is 0.801. The molecular weight excluding hydrogens is 322 g/mol. The number of fused-ring (bicyclic) bond motifs is 1. The predicted molar refractivity (Wildman–Crippen MR) is 91.5 cm³/mol. The maximum Gasteiger partial charge on any atom is 0.309 e. The Morgan fingerprint density at radius 3 is 2.60 bits per heavy atom. The summed E-state index contributed by atoms with van der Waals surface area (Å²) in [7, 11) is 0. The van der Waals surface area contributed by atoms with Crippen molar-refractivity contribution in [3.8, 4) is 11.5 Å². The molecule has 0 bridgehead atoms. The van der Waals surface area contributed by atoms with E-state index in [0.29, 0.717) is 19.0 Å². The monoisotopic (exact) mass is 347 g/mol. The van der Waals surface area contributed by atoms with Crippen LogP contribution >= 0.6 is 0 Å². The van der Waals surface area contributed by atoms with Crippen LogP contribution in [0.2, 0.25) is 0 Å². The number of carbonyl (C=O) groups is 2. The lowest BCUT2D eigenvalue weighted by Gasteiger charge is -2.23. The first-order valence-electron chi connectivity index (χ1n) is 8.90. The fraction of sp³-hybridized carbons (Fsp3) is 0.579. The Balaban J connectivity index is 1.64. The van der Waals surface area contributed by atoms with Crippen LogP contribution in [0, 0.1) is 11.8 Å². The van der Waals surface area contributed by atoms with Crippen molar-refractivity contribution in [3.63, 3.8) is 0 Å². The van der Waals surface area contributed by atoms with Crippen molar-refractivity contribution in [2.24, 2.45) is 11.8 Å². The van der Waals surface area contributed by atoms with Gasteiger partial charge in [0.2, 0.25) is 0 Å². The van der Waals surface area contributed by atoms with Gasteiger partial charge in [0.15, 0.2) is 18.1 Å². The van der Waals surface area contributed by atoms with Crippen LogP contribution in [0.4, 0.5) is 0 Å². The number of hydrogen-bond acceptors (Lipinski definition) is 5. The molecule has 25 heavy (non-hydrogen) atoms. The molecule has 3 rings (SSSR count). The molecule has 6 nitrogen and oxygen atoms in total. The van der Waals surface area contributed by atoms with E-state index in [4.69, 9.17) is 14.2 Å². The second-order valence-corrected chi connectivity index (χ2v) is 6.93. The minimum absolute atomic E-state index is 0.00424. The van der Waals surface area contributed by atoms with Gasteiger partial charge in [0.25, 0.3) is 5.91 Å². The summed E-state index contributed by atoms with van der Waals surface area (Å²) in [5.41, 5.74) is 0.945. The Labute approximate surface area is 147 Å². The summed E-state index contributed by atoms with van der Waals surface area (Å²) in [6.45, 7) is 5.09. The number of esters is 1. The van der Waals surface area contributed by atoms with E-state index in [1.165, 1.54) is 0 Å². The lowest BCUT2D eigenvalue weighted by atomic mass is 9.95. The highest BCUT2D eigenvalue weighted by Gasteiger charge is 2.31. The molecule has 0 saturated heterocycles. The fourth-order valence-electron chi connectivity index (χ4n) is 2.80. The molecule has 0 unspecified atom stereocenters. The van der Waals surface area contributed by atoms with Crippen molar-refractivity contribution in [2.75, 3.05) is 19.8 Å². The third-order valence-corrected chi connectivity index (χ3v) is 4.37. The van der Waals surface area contributed by atoms with Crippen molar-refractivity contribution in [1.29, 1.82) is 0 Å². The van der Waals surface area contributed by atoms with Gasteiger partial charge in [-0.25, -0.2) is 0 Å². The molecule has 1 amide bonds. The molecule has 0 spiro atoms. The van der Waals surface area contributed by atoms with E-state index in [0.717, 1.165) is 30.6 Å². The summed E-state index contributed by atoms with van der Waals surface area (Å²) in [6.07, 6.45) is 2.58. The van der Waals surface area contributed by atoms with Gasteiger partial charge in [0, 0.05) is 6.42 Å². The largest absolute Gasteiger partial charge is 0.490 e. The molecule has 0 radical (unpaired) electrons. The second-order valence-electron chi connectivity index (χ2n) is 6.93. The number of amides is 1. The zero-order valence-corrected chi connectivity index (χ0v) is 14.7. The Bertz CT molecular complexity index is 639. The molecule has 1 fully saturated rings. The van der Waals surface area contributed by atoms with Gasteiger partial charge in [-0.15, -0.1) is 0 Å². The minimum atomic E-state index is -0.292. The van der Waals surface area contributed by atoms with Gasteiger partial charge in [0.05, 0.1) is 25.2 Å². The number of carbonyl (C=O) groups excluding carboxylic acids is 2. The van der Waals surface area contributed by atoms with Gasteiger partial charge in [-0.1, -0.05) is 19.9 Å². The maximum atomic E-state index is 12.2. The van der Waals surface area contributed by atoms with Gasteiger partial charge in [-0.05, 0) is 36.5 Å². The third kappa shape index (κ3) is 4.65. The second kappa shape index (κ2) is 7.76. The average Bonchev–Trinajstić information content (AvgIpc) is 3.43. The van der Waals surface area contributed by atoms with Crippen LogP contribution in [-0.4, -0.2) is 31.7 Å². The summed E-state index contributed by atoms with van der Waals surface area (Å²) in [5.74, 6) is 1.04. The standard InChI is InChI=1S/C19H25NO5/c1-12(2)18(20-17(21)11-25-19(22)13-4-5-13)14-6-7-15-16(10-14)24-9-3-8-23-15/h6-7,10,12-13,18H,3-5,8-9,11H2,1-2H3,(H,20,21)/t18-/m0/s1.